The molecule has 6 heteroatoms. The van der Waals surface area contributed by atoms with Gasteiger partial charge in [-0.2, -0.15) is 0 Å². The highest BCUT2D eigenvalue weighted by Gasteiger charge is 2.45. The van der Waals surface area contributed by atoms with Gasteiger partial charge in [0.25, 0.3) is 6.71 Å². The number of nitrogens with zero attached hydrogens (tertiary/aromatic N) is 3. The lowest BCUT2D eigenvalue weighted by Crippen LogP contribution is -2.59. The van der Waals surface area contributed by atoms with Crippen LogP contribution in [0.3, 0.4) is 0 Å². The minimum absolute atomic E-state index is 0.00897. The van der Waals surface area contributed by atoms with E-state index in [9.17, 15) is 0 Å². The monoisotopic (exact) mass is 527 g/mol. The lowest BCUT2D eigenvalue weighted by atomic mass is 9.34. The predicted octanol–water partition coefficient (Wildman–Crippen LogP) is 7.06. The van der Waals surface area contributed by atoms with Crippen LogP contribution < -0.4 is 35.7 Å². The molecule has 3 aliphatic heterocycles. The van der Waals surface area contributed by atoms with Gasteiger partial charge in [0.1, 0.15) is 11.5 Å². The smallest absolute Gasteiger partial charge is 0.256 e. The number of fused-ring (bicyclic) bond motifs is 7. The van der Waals surface area contributed by atoms with E-state index in [2.05, 4.69) is 99.7 Å². The number of anilines is 6. The van der Waals surface area contributed by atoms with Crippen molar-refractivity contribution < 1.29 is 9.47 Å². The summed E-state index contributed by atoms with van der Waals surface area (Å²) in [4.78, 5) is 9.06. The van der Waals surface area contributed by atoms with Gasteiger partial charge in [-0.1, -0.05) is 66.7 Å². The molecule has 0 atom stereocenters. The SMILES string of the molecule is c1ccc(N2c3ccccc3Oc3c2cc2c4c3N(c3cccnc3)c3ccccc3B4c3ccccc3O2)cc1. The van der Waals surface area contributed by atoms with Crippen LogP contribution in [0.25, 0.3) is 0 Å². The third-order valence-electron chi connectivity index (χ3n) is 8.16. The molecule has 5 nitrogen and oxygen atoms in total. The normalized spacial score (nSPS) is 13.6. The summed E-state index contributed by atoms with van der Waals surface area (Å²) in [6.07, 6.45) is 3.72. The molecule has 6 aromatic rings. The number of ether oxygens (including phenoxy) is 2. The van der Waals surface area contributed by atoms with Gasteiger partial charge in [-0.25, -0.2) is 0 Å². The first kappa shape index (κ1) is 22.3. The van der Waals surface area contributed by atoms with Gasteiger partial charge in [0.15, 0.2) is 11.5 Å². The summed E-state index contributed by atoms with van der Waals surface area (Å²) in [6.45, 7) is -0.00897. The summed E-state index contributed by atoms with van der Waals surface area (Å²) in [6, 6.07) is 41.9. The molecule has 3 aliphatic rings. The van der Waals surface area contributed by atoms with Crippen molar-refractivity contribution in [3.8, 4) is 23.0 Å². The van der Waals surface area contributed by atoms with E-state index in [1.54, 1.807) is 6.20 Å². The van der Waals surface area contributed by atoms with E-state index in [0.717, 1.165) is 68.0 Å². The zero-order valence-electron chi connectivity index (χ0n) is 21.9. The fourth-order valence-corrected chi connectivity index (χ4v) is 6.52. The van der Waals surface area contributed by atoms with Gasteiger partial charge in [0.2, 0.25) is 0 Å². The lowest BCUT2D eigenvalue weighted by Gasteiger charge is -2.43. The summed E-state index contributed by atoms with van der Waals surface area (Å²) in [5, 5.41) is 0. The quantitative estimate of drug-likeness (QED) is 0.225. The number of hydrogen-bond donors (Lipinski definition) is 0. The average molecular weight is 527 g/mol. The molecule has 5 aromatic carbocycles. The molecule has 4 heterocycles. The molecule has 0 N–H and O–H groups in total. The van der Waals surface area contributed by atoms with Crippen molar-refractivity contribution in [3.63, 3.8) is 0 Å². The second-order valence-electron chi connectivity index (χ2n) is 10.4. The highest BCUT2D eigenvalue weighted by atomic mass is 16.5. The Balaban J connectivity index is 1.42. The highest BCUT2D eigenvalue weighted by Crippen LogP contribution is 2.57. The van der Waals surface area contributed by atoms with E-state index in [-0.39, 0.29) is 6.71 Å². The second kappa shape index (κ2) is 8.51. The Morgan fingerprint density at radius 1 is 0.537 bits per heavy atom. The minimum Gasteiger partial charge on any atom is -0.458 e. The average Bonchev–Trinajstić information content (AvgIpc) is 3.04. The maximum atomic E-state index is 6.89. The Kier molecular flexibility index (Phi) is 4.63. The molecule has 9 rings (SSSR count). The number of para-hydroxylation sites is 5. The van der Waals surface area contributed by atoms with Gasteiger partial charge in [0.05, 0.1) is 28.9 Å². The second-order valence-corrected chi connectivity index (χ2v) is 10.4. The minimum atomic E-state index is -0.00897. The lowest BCUT2D eigenvalue weighted by molar-refractivity contribution is 0.469. The predicted molar refractivity (Wildman–Crippen MR) is 165 cm³/mol. The molecule has 192 valence electrons. The number of pyridine rings is 1. The van der Waals surface area contributed by atoms with E-state index in [1.165, 1.54) is 5.46 Å². The molecule has 0 saturated carbocycles. The van der Waals surface area contributed by atoms with Gasteiger partial charge in [-0.3, -0.25) is 4.98 Å². The fourth-order valence-electron chi connectivity index (χ4n) is 6.52. The van der Waals surface area contributed by atoms with Crippen molar-refractivity contribution in [2.45, 2.75) is 0 Å². The van der Waals surface area contributed by atoms with Crippen molar-refractivity contribution in [3.05, 3.63) is 134 Å². The van der Waals surface area contributed by atoms with Crippen LogP contribution in [-0.2, 0) is 0 Å². The van der Waals surface area contributed by atoms with Crippen LogP contribution in [0.2, 0.25) is 0 Å². The first-order chi connectivity index (χ1) is 20.4. The standard InChI is InChI=1S/C35H22BN3O2/c1-2-11-23(12-3-1)38-28-17-7-9-19-31(28)41-35-29(38)21-32-33-34(35)39(24-13-10-20-37-22-24)27-16-6-4-14-25(27)36(33)26-15-5-8-18-30(26)40-32/h1-22H. The molecule has 0 saturated heterocycles. The van der Waals surface area contributed by atoms with Crippen LogP contribution in [0.15, 0.2) is 134 Å². The molecule has 0 fully saturated rings. The first-order valence-corrected chi connectivity index (χ1v) is 13.8. The van der Waals surface area contributed by atoms with Gasteiger partial charge < -0.3 is 19.3 Å². The van der Waals surface area contributed by atoms with Crippen LogP contribution in [-0.4, -0.2) is 11.7 Å². The fraction of sp³-hybridized carbons (Fsp3) is 0. The van der Waals surface area contributed by atoms with Gasteiger partial charge in [-0.15, -0.1) is 0 Å². The van der Waals surface area contributed by atoms with E-state index >= 15 is 0 Å². The number of benzene rings is 5. The van der Waals surface area contributed by atoms with Gasteiger partial charge in [-0.05, 0) is 59.5 Å². The van der Waals surface area contributed by atoms with E-state index in [0.29, 0.717) is 0 Å². The van der Waals surface area contributed by atoms with E-state index in [4.69, 9.17) is 9.47 Å². The molecule has 0 amide bonds. The zero-order chi connectivity index (χ0) is 26.9. The molecule has 1 aromatic heterocycles. The largest absolute Gasteiger partial charge is 0.458 e. The number of aromatic nitrogens is 1. The third kappa shape index (κ3) is 3.16. The molecule has 41 heavy (non-hydrogen) atoms. The summed E-state index contributed by atoms with van der Waals surface area (Å²) >= 11 is 0. The van der Waals surface area contributed by atoms with Crippen LogP contribution in [0.4, 0.5) is 34.1 Å². The summed E-state index contributed by atoms with van der Waals surface area (Å²) < 4.78 is 13.6. The Hall–Kier alpha value is -5.49. The van der Waals surface area contributed by atoms with Crippen molar-refractivity contribution in [1.29, 1.82) is 0 Å². The highest BCUT2D eigenvalue weighted by molar-refractivity contribution is 6.99. The van der Waals surface area contributed by atoms with Crippen LogP contribution in [0.1, 0.15) is 0 Å². The Bertz CT molecular complexity index is 1980. The summed E-state index contributed by atoms with van der Waals surface area (Å²) in [5.74, 6) is 3.30. The summed E-state index contributed by atoms with van der Waals surface area (Å²) in [5.41, 5.74) is 9.45. The van der Waals surface area contributed by atoms with E-state index < -0.39 is 0 Å². The number of hydrogen-bond acceptors (Lipinski definition) is 5. The van der Waals surface area contributed by atoms with Crippen LogP contribution in [0, 0.1) is 0 Å². The molecule has 0 spiro atoms. The topological polar surface area (TPSA) is 37.8 Å². The zero-order valence-corrected chi connectivity index (χ0v) is 21.9. The first-order valence-electron chi connectivity index (χ1n) is 13.8. The molecular weight excluding hydrogens is 505 g/mol. The molecule has 0 bridgehead atoms. The van der Waals surface area contributed by atoms with Crippen LogP contribution >= 0.6 is 0 Å². The molecule has 0 unspecified atom stereocenters. The maximum Gasteiger partial charge on any atom is 0.256 e. The molecule has 0 radical (unpaired) electrons. The van der Waals surface area contributed by atoms with Crippen molar-refractivity contribution in [1.82, 2.24) is 4.98 Å². The van der Waals surface area contributed by atoms with Gasteiger partial charge in [0, 0.05) is 29.1 Å². The number of rotatable bonds is 2. The molecule has 0 aliphatic carbocycles. The van der Waals surface area contributed by atoms with Gasteiger partial charge >= 0.3 is 0 Å². The van der Waals surface area contributed by atoms with Crippen molar-refractivity contribution in [2.75, 3.05) is 9.80 Å². The van der Waals surface area contributed by atoms with Crippen molar-refractivity contribution in [2.24, 2.45) is 0 Å². The Morgan fingerprint density at radius 3 is 2.07 bits per heavy atom. The van der Waals surface area contributed by atoms with E-state index in [1.807, 2.05) is 42.6 Å². The Labute approximate surface area is 237 Å². The third-order valence-corrected chi connectivity index (χ3v) is 8.16. The summed E-state index contributed by atoms with van der Waals surface area (Å²) in [7, 11) is 0. The van der Waals surface area contributed by atoms with Crippen molar-refractivity contribution >= 4 is 57.2 Å². The molecular formula is C35H22BN3O2. The maximum absolute atomic E-state index is 6.89. The Morgan fingerprint density at radius 2 is 1.24 bits per heavy atom. The van der Waals surface area contributed by atoms with Crippen LogP contribution in [0.5, 0.6) is 23.0 Å².